The van der Waals surface area contributed by atoms with Gasteiger partial charge in [-0.15, -0.1) is 0 Å². The average molecular weight is 289 g/mol. The molecule has 21 heavy (non-hydrogen) atoms. The summed E-state index contributed by atoms with van der Waals surface area (Å²) in [5.74, 6) is -1.31. The highest BCUT2D eigenvalue weighted by Gasteiger charge is 2.48. The molecule has 1 rings (SSSR count). The molecule has 0 aromatic heterocycles. The zero-order valence-corrected chi connectivity index (χ0v) is 12.3. The molecule has 1 aromatic carbocycles. The summed E-state index contributed by atoms with van der Waals surface area (Å²) in [5, 5.41) is 8.81. The van der Waals surface area contributed by atoms with Crippen LogP contribution < -0.4 is 0 Å². The molecule has 0 fully saturated rings. The molecule has 5 heteroatoms. The number of carbonyl (C=O) groups excluding carboxylic acids is 2. The summed E-state index contributed by atoms with van der Waals surface area (Å²) >= 11 is 0. The zero-order valence-electron chi connectivity index (χ0n) is 12.3. The van der Waals surface area contributed by atoms with Gasteiger partial charge in [-0.3, -0.25) is 9.59 Å². The topological polar surface area (TPSA) is 76.4 Å². The third kappa shape index (κ3) is 4.06. The van der Waals surface area contributed by atoms with E-state index < -0.39 is 17.4 Å². The number of nitrogens with zero attached hydrogens (tertiary/aromatic N) is 1. The maximum Gasteiger partial charge on any atom is 0.323 e. The van der Waals surface area contributed by atoms with Crippen LogP contribution in [0, 0.1) is 16.7 Å². The van der Waals surface area contributed by atoms with Gasteiger partial charge in [0.15, 0.2) is 5.41 Å². The van der Waals surface area contributed by atoms with Crippen LogP contribution in [0.1, 0.15) is 25.3 Å². The van der Waals surface area contributed by atoms with Gasteiger partial charge in [0, 0.05) is 6.42 Å². The van der Waals surface area contributed by atoms with E-state index in [0.717, 1.165) is 5.56 Å². The smallest absolute Gasteiger partial charge is 0.323 e. The maximum absolute atomic E-state index is 12.3. The van der Waals surface area contributed by atoms with Gasteiger partial charge in [-0.2, -0.15) is 5.26 Å². The Morgan fingerprint density at radius 1 is 1.24 bits per heavy atom. The Morgan fingerprint density at radius 2 is 1.90 bits per heavy atom. The number of benzene rings is 1. The van der Waals surface area contributed by atoms with Crippen molar-refractivity contribution in [2.24, 2.45) is 5.41 Å². The van der Waals surface area contributed by atoms with Crippen molar-refractivity contribution in [1.29, 1.82) is 5.26 Å². The largest absolute Gasteiger partial charge is 0.468 e. The first-order valence-electron chi connectivity index (χ1n) is 6.77. The van der Waals surface area contributed by atoms with Gasteiger partial charge < -0.3 is 9.47 Å². The van der Waals surface area contributed by atoms with Gasteiger partial charge in [0.2, 0.25) is 0 Å². The van der Waals surface area contributed by atoms with Crippen LogP contribution in [0.3, 0.4) is 0 Å². The SMILES string of the molecule is CCOC(=O)C(CCC#N)(Cc1ccccc1)C(=O)OC. The second-order valence-electron chi connectivity index (χ2n) is 4.61. The molecule has 0 saturated heterocycles. The van der Waals surface area contributed by atoms with Gasteiger partial charge in [0.1, 0.15) is 0 Å². The van der Waals surface area contributed by atoms with E-state index in [-0.39, 0.29) is 25.9 Å². The van der Waals surface area contributed by atoms with E-state index in [0.29, 0.717) is 0 Å². The van der Waals surface area contributed by atoms with Gasteiger partial charge >= 0.3 is 11.9 Å². The monoisotopic (exact) mass is 289 g/mol. The highest BCUT2D eigenvalue weighted by Crippen LogP contribution is 2.32. The van der Waals surface area contributed by atoms with E-state index in [1.54, 1.807) is 6.92 Å². The number of nitriles is 1. The van der Waals surface area contributed by atoms with Crippen LogP contribution in [0.2, 0.25) is 0 Å². The summed E-state index contributed by atoms with van der Waals surface area (Å²) in [5.41, 5.74) is -0.657. The molecule has 0 heterocycles. The van der Waals surface area contributed by atoms with Gasteiger partial charge in [-0.05, 0) is 25.3 Å². The Balaban J connectivity index is 3.18. The third-order valence-electron chi connectivity index (χ3n) is 3.25. The van der Waals surface area contributed by atoms with E-state index in [1.165, 1.54) is 7.11 Å². The van der Waals surface area contributed by atoms with Crippen molar-refractivity contribution in [3.8, 4) is 6.07 Å². The lowest BCUT2D eigenvalue weighted by Gasteiger charge is -2.28. The number of carbonyl (C=O) groups is 2. The van der Waals surface area contributed by atoms with Crippen molar-refractivity contribution < 1.29 is 19.1 Å². The Bertz CT molecular complexity index is 521. The van der Waals surface area contributed by atoms with Crippen molar-refractivity contribution in [3.63, 3.8) is 0 Å². The molecule has 0 spiro atoms. The molecule has 0 aliphatic heterocycles. The van der Waals surface area contributed by atoms with Gasteiger partial charge in [-0.25, -0.2) is 0 Å². The number of ether oxygens (including phenoxy) is 2. The molecule has 0 bridgehead atoms. The van der Waals surface area contributed by atoms with Crippen LogP contribution in [0.5, 0.6) is 0 Å². The lowest BCUT2D eigenvalue weighted by atomic mass is 9.77. The van der Waals surface area contributed by atoms with Crippen LogP contribution in [-0.4, -0.2) is 25.7 Å². The number of hydrogen-bond donors (Lipinski definition) is 0. The molecule has 5 nitrogen and oxygen atoms in total. The van der Waals surface area contributed by atoms with Crippen molar-refractivity contribution in [2.75, 3.05) is 13.7 Å². The van der Waals surface area contributed by atoms with Crippen molar-refractivity contribution >= 4 is 11.9 Å². The minimum atomic E-state index is -1.47. The van der Waals surface area contributed by atoms with Crippen LogP contribution in [-0.2, 0) is 25.5 Å². The first-order valence-corrected chi connectivity index (χ1v) is 6.77. The Labute approximate surface area is 124 Å². The number of hydrogen-bond acceptors (Lipinski definition) is 5. The first-order chi connectivity index (χ1) is 10.1. The zero-order chi connectivity index (χ0) is 15.7. The van der Waals surface area contributed by atoms with E-state index in [9.17, 15) is 9.59 Å². The minimum Gasteiger partial charge on any atom is -0.468 e. The van der Waals surface area contributed by atoms with Crippen molar-refractivity contribution in [2.45, 2.75) is 26.2 Å². The summed E-state index contributed by atoms with van der Waals surface area (Å²) in [6, 6.07) is 11.1. The predicted molar refractivity (Wildman–Crippen MR) is 76.1 cm³/mol. The second-order valence-corrected chi connectivity index (χ2v) is 4.61. The van der Waals surface area contributed by atoms with Crippen molar-refractivity contribution in [1.82, 2.24) is 0 Å². The molecule has 0 N–H and O–H groups in total. The van der Waals surface area contributed by atoms with E-state index in [2.05, 4.69) is 0 Å². The summed E-state index contributed by atoms with van der Waals surface area (Å²) in [6.07, 6.45) is 0.297. The number of esters is 2. The predicted octanol–water partition coefficient (Wildman–Crippen LogP) is 2.26. The van der Waals surface area contributed by atoms with Crippen LogP contribution >= 0.6 is 0 Å². The molecule has 1 aromatic rings. The first kappa shape index (κ1) is 16.7. The highest BCUT2D eigenvalue weighted by molar-refractivity contribution is 6.00. The van der Waals surface area contributed by atoms with Gasteiger partial charge in [-0.1, -0.05) is 30.3 Å². The minimum absolute atomic E-state index is 0.0702. The molecule has 1 atom stereocenters. The van der Waals surface area contributed by atoms with E-state index in [4.69, 9.17) is 14.7 Å². The number of rotatable bonds is 7. The van der Waals surface area contributed by atoms with Crippen molar-refractivity contribution in [3.05, 3.63) is 35.9 Å². The highest BCUT2D eigenvalue weighted by atomic mass is 16.6. The maximum atomic E-state index is 12.3. The molecule has 0 amide bonds. The summed E-state index contributed by atoms with van der Waals surface area (Å²) in [6.45, 7) is 1.84. The quantitative estimate of drug-likeness (QED) is 0.568. The summed E-state index contributed by atoms with van der Waals surface area (Å²) < 4.78 is 9.85. The van der Waals surface area contributed by atoms with Gasteiger partial charge in [0.25, 0.3) is 0 Å². The molecular weight excluding hydrogens is 270 g/mol. The fraction of sp³-hybridized carbons (Fsp3) is 0.438. The molecule has 0 aliphatic rings. The summed E-state index contributed by atoms with van der Waals surface area (Å²) in [7, 11) is 1.23. The normalized spacial score (nSPS) is 12.8. The fourth-order valence-electron chi connectivity index (χ4n) is 2.20. The van der Waals surface area contributed by atoms with E-state index >= 15 is 0 Å². The van der Waals surface area contributed by atoms with E-state index in [1.807, 2.05) is 36.4 Å². The molecule has 112 valence electrons. The molecule has 0 radical (unpaired) electrons. The van der Waals surface area contributed by atoms with Crippen LogP contribution in [0.15, 0.2) is 30.3 Å². The molecule has 1 unspecified atom stereocenters. The third-order valence-corrected chi connectivity index (χ3v) is 3.25. The average Bonchev–Trinajstić information content (AvgIpc) is 2.51. The van der Waals surface area contributed by atoms with Crippen LogP contribution in [0.25, 0.3) is 0 Å². The summed E-state index contributed by atoms with van der Waals surface area (Å²) in [4.78, 5) is 24.6. The second kappa shape index (κ2) is 8.05. The number of methoxy groups -OCH3 is 1. The Morgan fingerprint density at radius 3 is 2.43 bits per heavy atom. The lowest BCUT2D eigenvalue weighted by molar-refractivity contribution is -0.171. The standard InChI is InChI=1S/C16H19NO4/c1-3-21-15(19)16(10-7-11-17,14(18)20-2)12-13-8-5-4-6-9-13/h4-6,8-9H,3,7,10,12H2,1-2H3. The Hall–Kier alpha value is -2.35. The lowest BCUT2D eigenvalue weighted by Crippen LogP contribution is -2.43. The molecule has 0 aliphatic carbocycles. The fourth-order valence-corrected chi connectivity index (χ4v) is 2.20. The van der Waals surface area contributed by atoms with Crippen LogP contribution in [0.4, 0.5) is 0 Å². The van der Waals surface area contributed by atoms with Gasteiger partial charge in [0.05, 0.1) is 19.8 Å². The molecular formula is C16H19NO4. The Kier molecular flexibility index (Phi) is 6.41. The molecule has 0 saturated carbocycles.